The first-order valence-corrected chi connectivity index (χ1v) is 11.7. The van der Waals surface area contributed by atoms with Crippen molar-refractivity contribution in [3.63, 3.8) is 0 Å². The number of rotatable bonds is 7. The van der Waals surface area contributed by atoms with Crippen LogP contribution >= 0.6 is 0 Å². The van der Waals surface area contributed by atoms with E-state index in [-0.39, 0.29) is 16.9 Å². The van der Waals surface area contributed by atoms with Crippen molar-refractivity contribution in [3.05, 3.63) is 0 Å². The van der Waals surface area contributed by atoms with Crippen molar-refractivity contribution in [3.8, 4) is 0 Å². The zero-order valence-corrected chi connectivity index (χ0v) is 19.6. The van der Waals surface area contributed by atoms with Gasteiger partial charge in [-0.25, -0.2) is 0 Å². The Bertz CT molecular complexity index is 575. The van der Waals surface area contributed by atoms with Crippen LogP contribution in [0.2, 0.25) is 0 Å². The van der Waals surface area contributed by atoms with Crippen LogP contribution in [-0.4, -0.2) is 31.0 Å². The Morgan fingerprint density at radius 1 is 0.933 bits per heavy atom. The molecule has 3 nitrogen and oxygen atoms in total. The van der Waals surface area contributed by atoms with Gasteiger partial charge >= 0.3 is 12.1 Å². The van der Waals surface area contributed by atoms with Crippen LogP contribution in [0.1, 0.15) is 92.9 Å². The summed E-state index contributed by atoms with van der Waals surface area (Å²) in [7, 11) is 0. The standard InChI is InChI=1S/C24H41F3O3/c1-16(2)22(5)11-7-9-18(13-22)29-15-20(24(25,26)27)21(28)30-19-10-8-12-23(6,14-19)17(3)4/h16-20H,7-15H2,1-6H3. The van der Waals surface area contributed by atoms with E-state index in [1.807, 2.05) is 0 Å². The van der Waals surface area contributed by atoms with E-state index in [9.17, 15) is 18.0 Å². The van der Waals surface area contributed by atoms with Crippen LogP contribution in [0, 0.1) is 28.6 Å². The lowest BCUT2D eigenvalue weighted by molar-refractivity contribution is -0.215. The summed E-state index contributed by atoms with van der Waals surface area (Å²) in [6.07, 6.45) is 1.29. The normalized spacial score (nSPS) is 34.2. The molecule has 0 aliphatic heterocycles. The average Bonchev–Trinajstić information content (AvgIpc) is 2.60. The first kappa shape index (κ1) is 25.5. The van der Waals surface area contributed by atoms with Crippen molar-refractivity contribution in [1.29, 1.82) is 0 Å². The second-order valence-electron chi connectivity index (χ2n) is 10.9. The van der Waals surface area contributed by atoms with E-state index in [4.69, 9.17) is 9.47 Å². The van der Waals surface area contributed by atoms with Gasteiger partial charge in [0.1, 0.15) is 6.10 Å². The number of ether oxygens (including phenoxy) is 2. The van der Waals surface area contributed by atoms with Crippen molar-refractivity contribution in [1.82, 2.24) is 0 Å². The summed E-state index contributed by atoms with van der Waals surface area (Å²) in [5.74, 6) is -2.56. The molecule has 2 rings (SSSR count). The fourth-order valence-corrected chi connectivity index (χ4v) is 4.98. The Labute approximate surface area is 180 Å². The number of hydrogen-bond donors (Lipinski definition) is 0. The van der Waals surface area contributed by atoms with Crippen molar-refractivity contribution in [2.45, 2.75) is 111 Å². The summed E-state index contributed by atoms with van der Waals surface area (Å²) in [5, 5.41) is 0. The monoisotopic (exact) mass is 434 g/mol. The maximum absolute atomic E-state index is 13.7. The molecule has 0 aromatic carbocycles. The molecule has 0 aromatic rings. The van der Waals surface area contributed by atoms with Gasteiger partial charge in [0.05, 0.1) is 12.7 Å². The molecule has 0 spiro atoms. The van der Waals surface area contributed by atoms with Gasteiger partial charge in [0.15, 0.2) is 5.92 Å². The van der Waals surface area contributed by atoms with Gasteiger partial charge in [0, 0.05) is 0 Å². The number of hydrogen-bond acceptors (Lipinski definition) is 3. The van der Waals surface area contributed by atoms with Gasteiger partial charge in [0.2, 0.25) is 0 Å². The third kappa shape index (κ3) is 6.37. The summed E-state index contributed by atoms with van der Waals surface area (Å²) >= 11 is 0. The molecule has 176 valence electrons. The highest BCUT2D eigenvalue weighted by molar-refractivity contribution is 5.73. The predicted molar refractivity (Wildman–Crippen MR) is 112 cm³/mol. The Kier molecular flexibility index (Phi) is 8.31. The summed E-state index contributed by atoms with van der Waals surface area (Å²) < 4.78 is 52.1. The van der Waals surface area contributed by atoms with Gasteiger partial charge in [0.25, 0.3) is 0 Å². The third-order valence-electron chi connectivity index (χ3n) is 8.18. The van der Waals surface area contributed by atoms with E-state index in [1.54, 1.807) is 0 Å². The molecule has 0 N–H and O–H groups in total. The molecule has 0 heterocycles. The largest absolute Gasteiger partial charge is 0.462 e. The average molecular weight is 435 g/mol. The van der Waals surface area contributed by atoms with E-state index in [1.165, 1.54) is 0 Å². The Hall–Kier alpha value is -0.780. The molecule has 2 fully saturated rings. The van der Waals surface area contributed by atoms with Crippen LogP contribution < -0.4 is 0 Å². The van der Waals surface area contributed by atoms with Crippen molar-refractivity contribution in [2.24, 2.45) is 28.6 Å². The highest BCUT2D eigenvalue weighted by atomic mass is 19.4. The lowest BCUT2D eigenvalue weighted by atomic mass is 9.67. The van der Waals surface area contributed by atoms with Crippen molar-refractivity contribution >= 4 is 5.97 Å². The summed E-state index contributed by atoms with van der Waals surface area (Å²) in [5.41, 5.74) is 0.0668. The molecular formula is C24H41F3O3. The highest BCUT2D eigenvalue weighted by Gasteiger charge is 2.48. The maximum atomic E-state index is 13.7. The van der Waals surface area contributed by atoms with Crippen LogP contribution in [0.3, 0.4) is 0 Å². The fraction of sp³-hybridized carbons (Fsp3) is 0.958. The summed E-state index contributed by atoms with van der Waals surface area (Å²) in [4.78, 5) is 12.5. The minimum absolute atomic E-state index is 0.00315. The highest BCUT2D eigenvalue weighted by Crippen LogP contribution is 2.44. The van der Waals surface area contributed by atoms with Gasteiger partial charge in [-0.15, -0.1) is 0 Å². The van der Waals surface area contributed by atoms with Crippen molar-refractivity contribution < 1.29 is 27.4 Å². The molecule has 2 saturated carbocycles. The van der Waals surface area contributed by atoms with E-state index in [0.29, 0.717) is 24.7 Å². The van der Waals surface area contributed by atoms with E-state index in [2.05, 4.69) is 41.5 Å². The molecule has 0 amide bonds. The van der Waals surface area contributed by atoms with E-state index < -0.39 is 30.8 Å². The molecule has 5 atom stereocenters. The molecule has 30 heavy (non-hydrogen) atoms. The fourth-order valence-electron chi connectivity index (χ4n) is 4.98. The summed E-state index contributed by atoms with van der Waals surface area (Å²) in [6.45, 7) is 12.2. The maximum Gasteiger partial charge on any atom is 0.404 e. The van der Waals surface area contributed by atoms with Crippen LogP contribution in [-0.2, 0) is 14.3 Å². The van der Waals surface area contributed by atoms with Crippen LogP contribution in [0.5, 0.6) is 0 Å². The first-order chi connectivity index (χ1) is 13.8. The van der Waals surface area contributed by atoms with Crippen LogP contribution in [0.25, 0.3) is 0 Å². The van der Waals surface area contributed by atoms with Gasteiger partial charge in [-0.3, -0.25) is 4.79 Å². The molecule has 2 aliphatic carbocycles. The minimum Gasteiger partial charge on any atom is -0.462 e. The van der Waals surface area contributed by atoms with Crippen LogP contribution in [0.15, 0.2) is 0 Å². The first-order valence-electron chi connectivity index (χ1n) is 11.7. The zero-order valence-electron chi connectivity index (χ0n) is 19.6. The van der Waals surface area contributed by atoms with Gasteiger partial charge in [-0.2, -0.15) is 13.2 Å². The van der Waals surface area contributed by atoms with Gasteiger partial charge in [-0.05, 0) is 67.6 Å². The molecule has 2 aliphatic rings. The summed E-state index contributed by atoms with van der Waals surface area (Å²) in [6, 6.07) is 0. The number of alkyl halides is 3. The topological polar surface area (TPSA) is 35.5 Å². The lowest BCUT2D eigenvalue weighted by Crippen LogP contribution is -2.42. The Balaban J connectivity index is 1.98. The Morgan fingerprint density at radius 3 is 1.87 bits per heavy atom. The number of carbonyl (C=O) groups excluding carboxylic acids is 1. The molecule has 6 heteroatoms. The third-order valence-corrected chi connectivity index (χ3v) is 8.18. The zero-order chi connectivity index (χ0) is 22.7. The molecule has 0 aromatic heterocycles. The van der Waals surface area contributed by atoms with Gasteiger partial charge in [-0.1, -0.05) is 48.0 Å². The smallest absolute Gasteiger partial charge is 0.404 e. The minimum atomic E-state index is -4.66. The molecule has 0 radical (unpaired) electrons. The molecule has 0 saturated heterocycles. The number of esters is 1. The van der Waals surface area contributed by atoms with Crippen LogP contribution in [0.4, 0.5) is 13.2 Å². The predicted octanol–water partition coefficient (Wildman–Crippen LogP) is 6.93. The number of carbonyl (C=O) groups is 1. The van der Waals surface area contributed by atoms with E-state index >= 15 is 0 Å². The number of halogens is 3. The lowest BCUT2D eigenvalue weighted by Gasteiger charge is -2.42. The van der Waals surface area contributed by atoms with Gasteiger partial charge < -0.3 is 9.47 Å². The molecule has 5 unspecified atom stereocenters. The quantitative estimate of drug-likeness (QED) is 0.407. The second-order valence-corrected chi connectivity index (χ2v) is 10.9. The van der Waals surface area contributed by atoms with E-state index in [0.717, 1.165) is 38.5 Å². The SMILES string of the molecule is CC(C)C1(C)CCCC(OCC(C(=O)OC2CCCC(C)(C(C)C)C2)C(F)(F)F)C1. The Morgan fingerprint density at radius 2 is 1.40 bits per heavy atom. The molecule has 0 bridgehead atoms. The molecular weight excluding hydrogens is 393 g/mol. The van der Waals surface area contributed by atoms with Crippen molar-refractivity contribution in [2.75, 3.05) is 6.61 Å². The second kappa shape index (κ2) is 9.79.